The minimum absolute atomic E-state index is 0.142. The lowest BCUT2D eigenvalue weighted by Gasteiger charge is -2.18. The van der Waals surface area contributed by atoms with Crippen LogP contribution in [0.1, 0.15) is 45.7 Å². The van der Waals surface area contributed by atoms with E-state index in [4.69, 9.17) is 4.74 Å². The van der Waals surface area contributed by atoms with Crippen LogP contribution in [0, 0.1) is 11.2 Å². The molecular weight excluding hydrogens is 229 g/mol. The van der Waals surface area contributed by atoms with Crippen LogP contribution in [-0.2, 0) is 0 Å². The average Bonchev–Trinajstić information content (AvgIpc) is 2.28. The summed E-state index contributed by atoms with van der Waals surface area (Å²) in [4.78, 5) is 0. The standard InChI is InChI=1S/C15H24FNO/c1-11(17-5)12-6-7-14(13(16)10-12)18-9-8-15(2,3)4/h6-7,10-11,17H,8-9H2,1-5H3. The molecule has 0 aliphatic heterocycles. The van der Waals surface area contributed by atoms with Crippen molar-refractivity contribution in [3.63, 3.8) is 0 Å². The SMILES string of the molecule is CNC(C)c1ccc(OCCC(C)(C)C)c(F)c1. The van der Waals surface area contributed by atoms with Gasteiger partial charge in [-0.2, -0.15) is 0 Å². The third-order valence-electron chi connectivity index (χ3n) is 3.00. The van der Waals surface area contributed by atoms with Gasteiger partial charge in [0, 0.05) is 6.04 Å². The minimum Gasteiger partial charge on any atom is -0.490 e. The summed E-state index contributed by atoms with van der Waals surface area (Å²) in [7, 11) is 1.86. The van der Waals surface area contributed by atoms with Gasteiger partial charge >= 0.3 is 0 Å². The zero-order chi connectivity index (χ0) is 13.8. The molecule has 0 heterocycles. The maximum atomic E-state index is 13.8. The van der Waals surface area contributed by atoms with Crippen molar-refractivity contribution >= 4 is 0 Å². The molecule has 0 aromatic heterocycles. The van der Waals surface area contributed by atoms with E-state index < -0.39 is 0 Å². The maximum absolute atomic E-state index is 13.8. The molecular formula is C15H24FNO. The summed E-state index contributed by atoms with van der Waals surface area (Å²) in [5.74, 6) is 0.0508. The number of nitrogens with one attached hydrogen (secondary N) is 1. The monoisotopic (exact) mass is 253 g/mol. The predicted octanol–water partition coefficient (Wildman–Crippen LogP) is 3.92. The van der Waals surface area contributed by atoms with E-state index in [1.54, 1.807) is 6.07 Å². The Balaban J connectivity index is 2.63. The first-order valence-corrected chi connectivity index (χ1v) is 6.43. The summed E-state index contributed by atoms with van der Waals surface area (Å²) >= 11 is 0. The smallest absolute Gasteiger partial charge is 0.165 e. The Morgan fingerprint density at radius 1 is 1.33 bits per heavy atom. The lowest BCUT2D eigenvalue weighted by Crippen LogP contribution is -2.13. The number of hydrogen-bond donors (Lipinski definition) is 1. The van der Waals surface area contributed by atoms with Gasteiger partial charge in [-0.25, -0.2) is 4.39 Å². The predicted molar refractivity (Wildman–Crippen MR) is 73.4 cm³/mol. The van der Waals surface area contributed by atoms with E-state index in [9.17, 15) is 4.39 Å². The van der Waals surface area contributed by atoms with Gasteiger partial charge in [0.2, 0.25) is 0 Å². The zero-order valence-electron chi connectivity index (χ0n) is 12.0. The minimum atomic E-state index is -0.288. The summed E-state index contributed by atoms with van der Waals surface area (Å²) < 4.78 is 19.3. The molecule has 1 aromatic rings. The Hall–Kier alpha value is -1.09. The molecule has 0 spiro atoms. The van der Waals surface area contributed by atoms with Gasteiger partial charge in [-0.15, -0.1) is 0 Å². The van der Waals surface area contributed by atoms with Crippen molar-refractivity contribution in [2.75, 3.05) is 13.7 Å². The van der Waals surface area contributed by atoms with Crippen molar-refractivity contribution in [2.45, 2.75) is 40.2 Å². The lowest BCUT2D eigenvalue weighted by atomic mass is 9.93. The van der Waals surface area contributed by atoms with E-state index in [0.29, 0.717) is 12.4 Å². The van der Waals surface area contributed by atoms with Crippen molar-refractivity contribution in [3.05, 3.63) is 29.6 Å². The van der Waals surface area contributed by atoms with Gasteiger partial charge in [0.15, 0.2) is 11.6 Å². The fraction of sp³-hybridized carbons (Fsp3) is 0.600. The van der Waals surface area contributed by atoms with Gasteiger partial charge in [0.25, 0.3) is 0 Å². The average molecular weight is 253 g/mol. The third-order valence-corrected chi connectivity index (χ3v) is 3.00. The van der Waals surface area contributed by atoms with Crippen molar-refractivity contribution < 1.29 is 9.13 Å². The van der Waals surface area contributed by atoms with Crippen LogP contribution >= 0.6 is 0 Å². The maximum Gasteiger partial charge on any atom is 0.165 e. The lowest BCUT2D eigenvalue weighted by molar-refractivity contribution is 0.235. The summed E-state index contributed by atoms with van der Waals surface area (Å²) in [6, 6.07) is 5.29. The number of hydrogen-bond acceptors (Lipinski definition) is 2. The summed E-state index contributed by atoms with van der Waals surface area (Å²) in [5.41, 5.74) is 1.13. The molecule has 3 heteroatoms. The summed E-state index contributed by atoms with van der Waals surface area (Å²) in [5, 5.41) is 3.08. The van der Waals surface area contributed by atoms with Crippen molar-refractivity contribution in [2.24, 2.45) is 5.41 Å². The molecule has 1 N–H and O–H groups in total. The van der Waals surface area contributed by atoms with Crippen molar-refractivity contribution in [1.29, 1.82) is 0 Å². The first-order chi connectivity index (χ1) is 8.33. The van der Waals surface area contributed by atoms with Crippen LogP contribution in [0.5, 0.6) is 5.75 Å². The van der Waals surface area contributed by atoms with E-state index >= 15 is 0 Å². The number of benzene rings is 1. The molecule has 1 rings (SSSR count). The second-order valence-electron chi connectivity index (χ2n) is 5.86. The van der Waals surface area contributed by atoms with E-state index in [1.807, 2.05) is 20.0 Å². The Kier molecular flexibility index (Phi) is 5.15. The van der Waals surface area contributed by atoms with Gasteiger partial charge < -0.3 is 10.1 Å². The van der Waals surface area contributed by atoms with Crippen LogP contribution < -0.4 is 10.1 Å². The largest absolute Gasteiger partial charge is 0.490 e. The quantitative estimate of drug-likeness (QED) is 0.858. The van der Waals surface area contributed by atoms with Crippen LogP contribution in [0.3, 0.4) is 0 Å². The topological polar surface area (TPSA) is 21.3 Å². The highest BCUT2D eigenvalue weighted by atomic mass is 19.1. The molecule has 0 bridgehead atoms. The molecule has 0 amide bonds. The van der Waals surface area contributed by atoms with E-state index in [0.717, 1.165) is 12.0 Å². The van der Waals surface area contributed by atoms with E-state index in [-0.39, 0.29) is 17.3 Å². The second kappa shape index (κ2) is 6.19. The normalized spacial score (nSPS) is 13.4. The molecule has 1 atom stereocenters. The van der Waals surface area contributed by atoms with Crippen molar-refractivity contribution in [1.82, 2.24) is 5.32 Å². The molecule has 0 fully saturated rings. The number of ether oxygens (including phenoxy) is 1. The number of rotatable bonds is 5. The molecule has 0 radical (unpaired) electrons. The molecule has 18 heavy (non-hydrogen) atoms. The Morgan fingerprint density at radius 2 is 2.00 bits per heavy atom. The van der Waals surface area contributed by atoms with E-state index in [1.165, 1.54) is 6.07 Å². The Labute approximate surface area is 110 Å². The van der Waals surface area contributed by atoms with Gasteiger partial charge in [0.1, 0.15) is 0 Å². The fourth-order valence-electron chi connectivity index (χ4n) is 1.54. The first-order valence-electron chi connectivity index (χ1n) is 6.43. The van der Waals surface area contributed by atoms with Gasteiger partial charge in [-0.05, 0) is 43.5 Å². The van der Waals surface area contributed by atoms with Crippen molar-refractivity contribution in [3.8, 4) is 5.75 Å². The summed E-state index contributed by atoms with van der Waals surface area (Å²) in [6.07, 6.45) is 0.904. The van der Waals surface area contributed by atoms with Crippen LogP contribution in [0.25, 0.3) is 0 Å². The number of halogens is 1. The van der Waals surface area contributed by atoms with Crippen LogP contribution in [-0.4, -0.2) is 13.7 Å². The summed E-state index contributed by atoms with van der Waals surface area (Å²) in [6.45, 7) is 8.97. The second-order valence-corrected chi connectivity index (χ2v) is 5.86. The molecule has 0 aliphatic rings. The highest BCUT2D eigenvalue weighted by Crippen LogP contribution is 2.24. The Morgan fingerprint density at radius 3 is 2.50 bits per heavy atom. The molecule has 0 saturated carbocycles. The highest BCUT2D eigenvalue weighted by molar-refractivity contribution is 5.30. The Bertz CT molecular complexity index is 385. The highest BCUT2D eigenvalue weighted by Gasteiger charge is 2.12. The molecule has 1 aromatic carbocycles. The van der Waals surface area contributed by atoms with Gasteiger partial charge in [0.05, 0.1) is 6.61 Å². The van der Waals surface area contributed by atoms with Crippen LogP contribution in [0.2, 0.25) is 0 Å². The van der Waals surface area contributed by atoms with Crippen LogP contribution in [0.4, 0.5) is 4.39 Å². The van der Waals surface area contributed by atoms with E-state index in [2.05, 4.69) is 26.1 Å². The first kappa shape index (κ1) is 15.0. The molecule has 2 nitrogen and oxygen atoms in total. The molecule has 102 valence electrons. The fourth-order valence-corrected chi connectivity index (χ4v) is 1.54. The molecule has 1 unspecified atom stereocenters. The van der Waals surface area contributed by atoms with Crippen LogP contribution in [0.15, 0.2) is 18.2 Å². The molecule has 0 aliphatic carbocycles. The third kappa shape index (κ3) is 4.65. The van der Waals surface area contributed by atoms with Gasteiger partial charge in [-0.1, -0.05) is 26.8 Å². The zero-order valence-corrected chi connectivity index (χ0v) is 12.0. The van der Waals surface area contributed by atoms with Gasteiger partial charge in [-0.3, -0.25) is 0 Å². The molecule has 0 saturated heterocycles.